The SMILES string of the molecule is CC(C)=CCC/C(C)=C/CCC1=CCC2C(=O)NC(=O)C2C1. The molecular formula is C19H27NO2. The van der Waals surface area contributed by atoms with Gasteiger partial charge >= 0.3 is 0 Å². The lowest BCUT2D eigenvalue weighted by atomic mass is 9.80. The number of hydrogen-bond acceptors (Lipinski definition) is 2. The molecule has 0 aromatic rings. The van der Waals surface area contributed by atoms with Gasteiger partial charge in [0, 0.05) is 0 Å². The lowest BCUT2D eigenvalue weighted by Gasteiger charge is -2.21. The highest BCUT2D eigenvalue weighted by atomic mass is 16.2. The van der Waals surface area contributed by atoms with Gasteiger partial charge in [0.05, 0.1) is 11.8 Å². The second kappa shape index (κ2) is 7.57. The molecule has 22 heavy (non-hydrogen) atoms. The number of rotatable bonds is 6. The molecule has 2 atom stereocenters. The number of fused-ring (bicyclic) bond motifs is 1. The van der Waals surface area contributed by atoms with Gasteiger partial charge in [-0.1, -0.05) is 34.9 Å². The van der Waals surface area contributed by atoms with Crippen LogP contribution < -0.4 is 5.32 Å². The minimum Gasteiger partial charge on any atom is -0.296 e. The standard InChI is InChI=1S/C19H27NO2/c1-13(2)6-4-7-14(3)8-5-9-15-10-11-16-17(12-15)19(22)20-18(16)21/h6,8,10,16-17H,4-5,7,9,11-12H2,1-3H3,(H,20,21,22)/b14-8+. The second-order valence-corrected chi connectivity index (χ2v) is 6.78. The summed E-state index contributed by atoms with van der Waals surface area (Å²) in [5.74, 6) is -0.387. The summed E-state index contributed by atoms with van der Waals surface area (Å²) < 4.78 is 0. The lowest BCUT2D eigenvalue weighted by molar-refractivity contribution is -0.126. The average molecular weight is 301 g/mol. The number of amides is 2. The minimum absolute atomic E-state index is 0.0750. The number of allylic oxidation sites excluding steroid dienone is 6. The molecule has 1 heterocycles. The van der Waals surface area contributed by atoms with E-state index in [2.05, 4.69) is 44.3 Å². The Morgan fingerprint density at radius 2 is 1.86 bits per heavy atom. The van der Waals surface area contributed by atoms with E-state index in [1.54, 1.807) is 0 Å². The van der Waals surface area contributed by atoms with Gasteiger partial charge in [-0.25, -0.2) is 0 Å². The molecule has 1 saturated heterocycles. The molecule has 1 N–H and O–H groups in total. The van der Waals surface area contributed by atoms with Crippen LogP contribution in [0.5, 0.6) is 0 Å². The molecule has 0 spiro atoms. The van der Waals surface area contributed by atoms with Crippen LogP contribution in [-0.4, -0.2) is 11.8 Å². The number of carbonyl (C=O) groups is 2. The lowest BCUT2D eigenvalue weighted by Crippen LogP contribution is -2.22. The highest BCUT2D eigenvalue weighted by Gasteiger charge is 2.42. The molecule has 1 aliphatic carbocycles. The van der Waals surface area contributed by atoms with Gasteiger partial charge in [-0.15, -0.1) is 0 Å². The van der Waals surface area contributed by atoms with E-state index in [0.29, 0.717) is 0 Å². The average Bonchev–Trinajstić information content (AvgIpc) is 2.73. The number of carbonyl (C=O) groups excluding carboxylic acids is 2. The molecule has 2 unspecified atom stereocenters. The van der Waals surface area contributed by atoms with Crippen LogP contribution in [0.2, 0.25) is 0 Å². The van der Waals surface area contributed by atoms with E-state index in [0.717, 1.165) is 38.5 Å². The van der Waals surface area contributed by atoms with Gasteiger partial charge < -0.3 is 0 Å². The smallest absolute Gasteiger partial charge is 0.230 e. The van der Waals surface area contributed by atoms with Crippen molar-refractivity contribution in [3.63, 3.8) is 0 Å². The van der Waals surface area contributed by atoms with Crippen molar-refractivity contribution >= 4 is 11.8 Å². The van der Waals surface area contributed by atoms with Gasteiger partial charge in [0.15, 0.2) is 0 Å². The van der Waals surface area contributed by atoms with E-state index in [-0.39, 0.29) is 23.7 Å². The first-order valence-corrected chi connectivity index (χ1v) is 8.29. The number of nitrogens with one attached hydrogen (secondary N) is 1. The fraction of sp³-hybridized carbons (Fsp3) is 0.579. The predicted octanol–water partition coefficient (Wildman–Crippen LogP) is 4.07. The first-order chi connectivity index (χ1) is 10.5. The van der Waals surface area contributed by atoms with Crippen molar-refractivity contribution in [2.45, 2.75) is 59.3 Å². The molecule has 0 radical (unpaired) electrons. The molecule has 2 amide bonds. The highest BCUT2D eigenvalue weighted by Crippen LogP contribution is 2.35. The summed E-state index contributed by atoms with van der Waals surface area (Å²) in [5.41, 5.74) is 4.14. The largest absolute Gasteiger partial charge is 0.296 e. The molecular weight excluding hydrogens is 274 g/mol. The van der Waals surface area contributed by atoms with Gasteiger partial charge in [0.2, 0.25) is 11.8 Å². The van der Waals surface area contributed by atoms with Crippen molar-refractivity contribution < 1.29 is 9.59 Å². The third-order valence-electron chi connectivity index (χ3n) is 4.60. The molecule has 3 heteroatoms. The Labute approximate surface area is 133 Å². The summed E-state index contributed by atoms with van der Waals surface area (Å²) in [4.78, 5) is 23.3. The molecule has 0 saturated carbocycles. The van der Waals surface area contributed by atoms with E-state index >= 15 is 0 Å². The van der Waals surface area contributed by atoms with Crippen LogP contribution in [0, 0.1) is 11.8 Å². The van der Waals surface area contributed by atoms with Crippen LogP contribution in [0.3, 0.4) is 0 Å². The molecule has 1 aliphatic heterocycles. The van der Waals surface area contributed by atoms with Crippen LogP contribution in [0.25, 0.3) is 0 Å². The van der Waals surface area contributed by atoms with E-state index < -0.39 is 0 Å². The van der Waals surface area contributed by atoms with Crippen LogP contribution in [0.1, 0.15) is 59.3 Å². The zero-order valence-electron chi connectivity index (χ0n) is 13.9. The Morgan fingerprint density at radius 1 is 1.14 bits per heavy atom. The molecule has 2 rings (SSSR count). The maximum atomic E-state index is 11.7. The maximum Gasteiger partial charge on any atom is 0.230 e. The number of hydrogen-bond donors (Lipinski definition) is 1. The summed E-state index contributed by atoms with van der Waals surface area (Å²) in [6.07, 6.45) is 12.5. The van der Waals surface area contributed by atoms with E-state index in [1.165, 1.54) is 16.7 Å². The Hall–Kier alpha value is -1.64. The fourth-order valence-electron chi connectivity index (χ4n) is 3.24. The van der Waals surface area contributed by atoms with Gasteiger partial charge in [-0.2, -0.15) is 0 Å². The minimum atomic E-state index is -0.116. The molecule has 3 nitrogen and oxygen atoms in total. The first-order valence-electron chi connectivity index (χ1n) is 8.29. The third-order valence-corrected chi connectivity index (χ3v) is 4.60. The second-order valence-electron chi connectivity index (χ2n) is 6.78. The van der Waals surface area contributed by atoms with Crippen LogP contribution in [0.15, 0.2) is 34.9 Å². The summed E-state index contributed by atoms with van der Waals surface area (Å²) >= 11 is 0. The van der Waals surface area contributed by atoms with Crippen molar-refractivity contribution in [3.05, 3.63) is 34.9 Å². The summed E-state index contributed by atoms with van der Waals surface area (Å²) in [7, 11) is 0. The van der Waals surface area contributed by atoms with Crippen molar-refractivity contribution in [1.29, 1.82) is 0 Å². The van der Waals surface area contributed by atoms with Crippen LogP contribution in [-0.2, 0) is 9.59 Å². The predicted molar refractivity (Wildman–Crippen MR) is 89.1 cm³/mol. The van der Waals surface area contributed by atoms with Gasteiger partial charge in [-0.3, -0.25) is 14.9 Å². The van der Waals surface area contributed by atoms with Crippen molar-refractivity contribution in [2.75, 3.05) is 0 Å². The zero-order valence-corrected chi connectivity index (χ0v) is 13.9. The van der Waals surface area contributed by atoms with Gasteiger partial charge in [0.1, 0.15) is 0 Å². The topological polar surface area (TPSA) is 46.2 Å². The van der Waals surface area contributed by atoms with Crippen LogP contribution >= 0.6 is 0 Å². The Balaban J connectivity index is 1.78. The molecule has 1 fully saturated rings. The quantitative estimate of drug-likeness (QED) is 0.594. The molecule has 0 aromatic heterocycles. The van der Waals surface area contributed by atoms with Gasteiger partial charge in [0.25, 0.3) is 0 Å². The molecule has 120 valence electrons. The monoisotopic (exact) mass is 301 g/mol. The number of imide groups is 1. The zero-order chi connectivity index (χ0) is 16.1. The van der Waals surface area contributed by atoms with Crippen molar-refractivity contribution in [2.24, 2.45) is 11.8 Å². The highest BCUT2D eigenvalue weighted by molar-refractivity contribution is 6.05. The fourth-order valence-corrected chi connectivity index (χ4v) is 3.24. The third kappa shape index (κ3) is 4.43. The Kier molecular flexibility index (Phi) is 5.76. The van der Waals surface area contributed by atoms with E-state index in [9.17, 15) is 9.59 Å². The van der Waals surface area contributed by atoms with Crippen molar-refractivity contribution in [3.8, 4) is 0 Å². The Morgan fingerprint density at radius 3 is 2.59 bits per heavy atom. The van der Waals surface area contributed by atoms with Gasteiger partial charge in [-0.05, 0) is 59.3 Å². The normalized spacial score (nSPS) is 24.7. The van der Waals surface area contributed by atoms with E-state index in [1.807, 2.05) is 0 Å². The van der Waals surface area contributed by atoms with E-state index in [4.69, 9.17) is 0 Å². The Bertz CT molecular complexity index is 536. The summed E-state index contributed by atoms with van der Waals surface area (Å²) in [6.45, 7) is 6.45. The molecule has 0 aromatic carbocycles. The summed E-state index contributed by atoms with van der Waals surface area (Å²) in [6, 6.07) is 0. The van der Waals surface area contributed by atoms with Crippen LogP contribution in [0.4, 0.5) is 0 Å². The maximum absolute atomic E-state index is 11.7. The van der Waals surface area contributed by atoms with Crippen molar-refractivity contribution in [1.82, 2.24) is 5.32 Å². The summed E-state index contributed by atoms with van der Waals surface area (Å²) in [5, 5.41) is 2.46. The molecule has 2 aliphatic rings. The molecule has 0 bridgehead atoms. The first kappa shape index (κ1) is 16.7.